The molecular weight excluding hydrogens is 190 g/mol. The van der Waals surface area contributed by atoms with E-state index in [0.717, 1.165) is 0 Å². The third kappa shape index (κ3) is 2.54. The Morgan fingerprint density at radius 1 is 1.64 bits per heavy atom. The molecule has 0 aliphatic heterocycles. The molecule has 1 heterocycles. The number of tetrazole rings is 1. The lowest BCUT2D eigenvalue weighted by molar-refractivity contribution is -0.700. The second-order valence-electron chi connectivity index (χ2n) is 2.67. The van der Waals surface area contributed by atoms with Gasteiger partial charge in [-0.15, -0.1) is 5.10 Å². The molecule has 0 saturated heterocycles. The second-order valence-corrected chi connectivity index (χ2v) is 2.67. The van der Waals surface area contributed by atoms with E-state index < -0.39 is 0 Å². The normalized spacial score (nSPS) is 11.5. The summed E-state index contributed by atoms with van der Waals surface area (Å²) in [7, 11) is 4.76. The van der Waals surface area contributed by atoms with Crippen LogP contribution in [0.1, 0.15) is 5.82 Å². The van der Waals surface area contributed by atoms with E-state index in [0.29, 0.717) is 10.8 Å². The number of aryl methyl sites for hydroxylation is 1. The van der Waals surface area contributed by atoms with Crippen molar-refractivity contribution in [3.63, 3.8) is 0 Å². The van der Waals surface area contributed by atoms with Gasteiger partial charge in [0.05, 0.1) is 19.1 Å². The van der Waals surface area contributed by atoms with Crippen LogP contribution in [0.4, 0.5) is 0 Å². The van der Waals surface area contributed by atoms with Crippen molar-refractivity contribution in [3.05, 3.63) is 11.0 Å². The fraction of sp³-hybridized carbons (Fsp3) is 0.800. The monoisotopic (exact) mass is 201 g/mol. The molecule has 9 nitrogen and oxygen atoms in total. The zero-order chi connectivity index (χ0) is 10.6. The fourth-order valence-electron chi connectivity index (χ4n) is 0.579. The molecule has 0 saturated carbocycles. The van der Waals surface area contributed by atoms with Gasteiger partial charge in [-0.3, -0.25) is 0 Å². The molecule has 78 valence electrons. The fourth-order valence-corrected chi connectivity index (χ4v) is 0.579. The van der Waals surface area contributed by atoms with E-state index >= 15 is 0 Å². The van der Waals surface area contributed by atoms with Gasteiger partial charge in [-0.2, -0.15) is 5.01 Å². The van der Waals surface area contributed by atoms with Gasteiger partial charge < -0.3 is 10.0 Å². The minimum Gasteiger partial charge on any atom is -0.569 e. The van der Waals surface area contributed by atoms with Crippen LogP contribution in [0.3, 0.4) is 0 Å². The highest BCUT2D eigenvalue weighted by Crippen LogP contribution is 1.93. The summed E-state index contributed by atoms with van der Waals surface area (Å²) >= 11 is 0. The van der Waals surface area contributed by atoms with Crippen molar-refractivity contribution in [1.29, 1.82) is 0 Å². The van der Waals surface area contributed by atoms with Crippen LogP contribution in [0.25, 0.3) is 0 Å². The molecule has 0 bridgehead atoms. The van der Waals surface area contributed by atoms with Gasteiger partial charge in [0.15, 0.2) is 12.4 Å². The van der Waals surface area contributed by atoms with Crippen molar-refractivity contribution in [2.75, 3.05) is 14.1 Å². The first-order valence-electron chi connectivity index (χ1n) is 3.80. The molecular formula is C5H11N7O2. The molecule has 0 aromatic carbocycles. The molecule has 9 heteroatoms. The molecule has 0 radical (unpaired) electrons. The molecule has 0 aliphatic rings. The highest BCUT2D eigenvalue weighted by molar-refractivity contribution is 4.73. The SMILES string of the molecule is CN(C)[N+]([O-])=NOCc1nnnn1C. The summed E-state index contributed by atoms with van der Waals surface area (Å²) in [5, 5.41) is 25.9. The Bertz CT molecular complexity index is 320. The Hall–Kier alpha value is -1.93. The molecule has 0 N–H and O–H groups in total. The summed E-state index contributed by atoms with van der Waals surface area (Å²) in [6.07, 6.45) is 0. The summed E-state index contributed by atoms with van der Waals surface area (Å²) in [5.74, 6) is 0.487. The largest absolute Gasteiger partial charge is 0.569 e. The maximum absolute atomic E-state index is 10.8. The van der Waals surface area contributed by atoms with Crippen molar-refractivity contribution in [2.24, 2.45) is 12.3 Å². The van der Waals surface area contributed by atoms with Gasteiger partial charge in [0, 0.05) is 7.05 Å². The maximum Gasteiger partial charge on any atom is 0.233 e. The average Bonchev–Trinajstić information content (AvgIpc) is 2.51. The molecule has 1 aromatic heterocycles. The van der Waals surface area contributed by atoms with Gasteiger partial charge in [-0.25, -0.2) is 4.68 Å². The summed E-state index contributed by atoms with van der Waals surface area (Å²) in [6.45, 7) is 0.0517. The van der Waals surface area contributed by atoms with Crippen LogP contribution in [-0.4, -0.2) is 44.3 Å². The van der Waals surface area contributed by atoms with Crippen LogP contribution in [-0.2, 0) is 18.5 Å². The number of hydrogen-bond acceptors (Lipinski definition) is 6. The molecule has 1 aromatic rings. The van der Waals surface area contributed by atoms with Crippen molar-refractivity contribution >= 4 is 0 Å². The van der Waals surface area contributed by atoms with Gasteiger partial charge in [-0.05, 0) is 10.4 Å². The zero-order valence-electron chi connectivity index (χ0n) is 8.15. The third-order valence-electron chi connectivity index (χ3n) is 1.37. The molecule has 1 rings (SSSR count). The number of hydrazine groups is 1. The first kappa shape index (κ1) is 10.2. The Morgan fingerprint density at radius 2 is 2.36 bits per heavy atom. The number of hydrogen-bond donors (Lipinski definition) is 0. The van der Waals surface area contributed by atoms with Crippen molar-refractivity contribution in [1.82, 2.24) is 25.2 Å². The first-order valence-corrected chi connectivity index (χ1v) is 3.80. The molecule has 0 unspecified atom stereocenters. The second kappa shape index (κ2) is 4.35. The molecule has 0 spiro atoms. The van der Waals surface area contributed by atoms with E-state index in [2.05, 4.69) is 20.8 Å². The predicted molar refractivity (Wildman–Crippen MR) is 43.3 cm³/mol. The maximum atomic E-state index is 10.8. The Balaban J connectivity index is 2.43. The van der Waals surface area contributed by atoms with E-state index in [4.69, 9.17) is 4.84 Å². The molecule has 0 aliphatic carbocycles. The number of aromatic nitrogens is 4. The van der Waals surface area contributed by atoms with Gasteiger partial charge in [0.25, 0.3) is 0 Å². The van der Waals surface area contributed by atoms with Gasteiger partial charge in [0.1, 0.15) is 0 Å². The van der Waals surface area contributed by atoms with E-state index in [1.165, 1.54) is 9.69 Å². The molecule has 0 fully saturated rings. The van der Waals surface area contributed by atoms with Crippen molar-refractivity contribution < 1.29 is 9.81 Å². The quantitative estimate of drug-likeness (QED) is 0.355. The summed E-state index contributed by atoms with van der Waals surface area (Å²) < 4.78 is 1.43. The molecule has 0 atom stereocenters. The third-order valence-corrected chi connectivity index (χ3v) is 1.37. The van der Waals surface area contributed by atoms with Gasteiger partial charge in [0.2, 0.25) is 5.28 Å². The Kier molecular flexibility index (Phi) is 3.15. The van der Waals surface area contributed by atoms with Crippen LogP contribution in [0.2, 0.25) is 0 Å². The molecule has 0 amide bonds. The predicted octanol–water partition coefficient (Wildman–Crippen LogP) is -0.919. The van der Waals surface area contributed by atoms with Gasteiger partial charge >= 0.3 is 0 Å². The summed E-state index contributed by atoms with van der Waals surface area (Å²) in [4.78, 5) is 5.02. The lowest BCUT2D eigenvalue weighted by Crippen LogP contribution is -2.21. The van der Waals surface area contributed by atoms with E-state index in [1.54, 1.807) is 21.1 Å². The Morgan fingerprint density at radius 3 is 2.86 bits per heavy atom. The minimum atomic E-state index is 0.0517. The van der Waals surface area contributed by atoms with Crippen LogP contribution in [0.15, 0.2) is 5.28 Å². The van der Waals surface area contributed by atoms with Crippen molar-refractivity contribution in [2.45, 2.75) is 6.61 Å². The molecule has 14 heavy (non-hydrogen) atoms. The average molecular weight is 201 g/mol. The van der Waals surface area contributed by atoms with Crippen LogP contribution in [0.5, 0.6) is 0 Å². The van der Waals surface area contributed by atoms with Crippen molar-refractivity contribution in [3.8, 4) is 0 Å². The van der Waals surface area contributed by atoms with Crippen LogP contribution >= 0.6 is 0 Å². The van der Waals surface area contributed by atoms with E-state index in [1.807, 2.05) is 0 Å². The van der Waals surface area contributed by atoms with Crippen LogP contribution < -0.4 is 0 Å². The standard InChI is InChI=1S/C5H11N7O2/c1-10(2)12(13)9-14-4-5-6-7-8-11(5)3/h4H2,1-3H3. The van der Waals surface area contributed by atoms with E-state index in [-0.39, 0.29) is 6.61 Å². The smallest absolute Gasteiger partial charge is 0.233 e. The van der Waals surface area contributed by atoms with Gasteiger partial charge in [-0.1, -0.05) is 0 Å². The van der Waals surface area contributed by atoms with E-state index in [9.17, 15) is 5.21 Å². The highest BCUT2D eigenvalue weighted by atomic mass is 16.7. The summed E-state index contributed by atoms with van der Waals surface area (Å²) in [6, 6.07) is 0. The number of nitrogens with zero attached hydrogens (tertiary/aromatic N) is 7. The zero-order valence-corrected chi connectivity index (χ0v) is 8.15. The lowest BCUT2D eigenvalue weighted by Gasteiger charge is -2.05. The lowest BCUT2D eigenvalue weighted by atomic mass is 10.7. The first-order chi connectivity index (χ1) is 6.61. The summed E-state index contributed by atoms with van der Waals surface area (Å²) in [5.41, 5.74) is 0. The topological polar surface area (TPSA) is 94.5 Å². The number of rotatable bonds is 4. The van der Waals surface area contributed by atoms with Crippen LogP contribution in [0, 0.1) is 5.21 Å². The highest BCUT2D eigenvalue weighted by Gasteiger charge is 2.03. The Labute approximate surface area is 80.1 Å². The minimum absolute atomic E-state index is 0.0517.